The lowest BCUT2D eigenvalue weighted by Crippen LogP contribution is -2.05. The van der Waals surface area contributed by atoms with E-state index in [1.54, 1.807) is 13.3 Å². The molecule has 0 unspecified atom stereocenters. The van der Waals surface area contributed by atoms with Gasteiger partial charge < -0.3 is 10.1 Å². The Labute approximate surface area is 126 Å². The molecule has 1 aromatic heterocycles. The molecule has 0 aliphatic rings. The van der Waals surface area contributed by atoms with Crippen molar-refractivity contribution in [1.29, 1.82) is 0 Å². The molecule has 1 aromatic carbocycles. The van der Waals surface area contributed by atoms with Gasteiger partial charge in [-0.25, -0.2) is 4.98 Å². The third-order valence-corrected chi connectivity index (χ3v) is 4.17. The van der Waals surface area contributed by atoms with Crippen LogP contribution in [0.5, 0.6) is 5.75 Å². The van der Waals surface area contributed by atoms with Crippen molar-refractivity contribution in [2.75, 3.05) is 12.4 Å². The highest BCUT2D eigenvalue weighted by Crippen LogP contribution is 2.29. The van der Waals surface area contributed by atoms with Gasteiger partial charge in [-0.15, -0.1) is 0 Å². The molecule has 1 heterocycles. The number of pyridine rings is 1. The SMILES string of the molecule is COc1cccc(Cl)c1CNc1nccc(C)c1Br. The molecule has 0 bridgehead atoms. The number of ether oxygens (including phenoxy) is 1. The zero-order chi connectivity index (χ0) is 13.8. The van der Waals surface area contributed by atoms with Crippen molar-refractivity contribution in [1.82, 2.24) is 4.98 Å². The molecule has 5 heteroatoms. The standard InChI is InChI=1S/C14H14BrClN2O/c1-9-6-7-17-14(13(9)15)18-8-10-11(16)4-3-5-12(10)19-2/h3-7H,8H2,1-2H3,(H,17,18). The van der Waals surface area contributed by atoms with Crippen LogP contribution in [0.1, 0.15) is 11.1 Å². The maximum Gasteiger partial charge on any atom is 0.140 e. The van der Waals surface area contributed by atoms with Crippen molar-refractivity contribution in [2.45, 2.75) is 13.5 Å². The Morgan fingerprint density at radius 3 is 2.89 bits per heavy atom. The van der Waals surface area contributed by atoms with Gasteiger partial charge in [-0.1, -0.05) is 17.7 Å². The highest BCUT2D eigenvalue weighted by atomic mass is 79.9. The van der Waals surface area contributed by atoms with Gasteiger partial charge in [0, 0.05) is 23.3 Å². The molecule has 0 aliphatic heterocycles. The maximum atomic E-state index is 6.19. The topological polar surface area (TPSA) is 34.1 Å². The molecule has 0 atom stereocenters. The average molecular weight is 342 g/mol. The van der Waals surface area contributed by atoms with Gasteiger partial charge in [-0.2, -0.15) is 0 Å². The predicted octanol–water partition coefficient (Wildman–Crippen LogP) is 4.43. The third kappa shape index (κ3) is 3.19. The highest BCUT2D eigenvalue weighted by molar-refractivity contribution is 9.10. The van der Waals surface area contributed by atoms with Crippen LogP contribution in [0.2, 0.25) is 5.02 Å². The molecule has 0 amide bonds. The summed E-state index contributed by atoms with van der Waals surface area (Å²) in [6.45, 7) is 2.57. The number of nitrogens with zero attached hydrogens (tertiary/aromatic N) is 1. The van der Waals surface area contributed by atoms with Gasteiger partial charge in [-0.3, -0.25) is 0 Å². The van der Waals surface area contributed by atoms with E-state index in [0.29, 0.717) is 11.6 Å². The summed E-state index contributed by atoms with van der Waals surface area (Å²) in [7, 11) is 1.63. The third-order valence-electron chi connectivity index (χ3n) is 2.81. The summed E-state index contributed by atoms with van der Waals surface area (Å²) in [5.41, 5.74) is 2.05. The zero-order valence-electron chi connectivity index (χ0n) is 10.7. The summed E-state index contributed by atoms with van der Waals surface area (Å²) in [4.78, 5) is 4.30. The largest absolute Gasteiger partial charge is 0.496 e. The molecule has 1 N–H and O–H groups in total. The Hall–Kier alpha value is -1.26. The van der Waals surface area contributed by atoms with E-state index in [-0.39, 0.29) is 0 Å². The number of benzene rings is 1. The molecular formula is C14H14BrClN2O. The minimum Gasteiger partial charge on any atom is -0.496 e. The molecular weight excluding hydrogens is 328 g/mol. The van der Waals surface area contributed by atoms with Crippen LogP contribution in [-0.2, 0) is 6.54 Å². The Kier molecular flexibility index (Phi) is 4.66. The van der Waals surface area contributed by atoms with Crippen LogP contribution in [0, 0.1) is 6.92 Å². The van der Waals surface area contributed by atoms with E-state index in [2.05, 4.69) is 26.2 Å². The number of anilines is 1. The molecule has 19 heavy (non-hydrogen) atoms. The number of aromatic nitrogens is 1. The molecule has 0 saturated heterocycles. The fraction of sp³-hybridized carbons (Fsp3) is 0.214. The first-order valence-electron chi connectivity index (χ1n) is 5.80. The van der Waals surface area contributed by atoms with Gasteiger partial charge in [0.05, 0.1) is 11.6 Å². The van der Waals surface area contributed by atoms with E-state index in [1.165, 1.54) is 0 Å². The maximum absolute atomic E-state index is 6.19. The summed E-state index contributed by atoms with van der Waals surface area (Å²) in [6.07, 6.45) is 1.77. The van der Waals surface area contributed by atoms with Gasteiger partial charge in [0.25, 0.3) is 0 Å². The molecule has 0 spiro atoms. The van der Waals surface area contributed by atoms with Crippen molar-refractivity contribution in [3.8, 4) is 5.75 Å². The number of halogens is 2. The number of hydrogen-bond donors (Lipinski definition) is 1. The molecule has 100 valence electrons. The van der Waals surface area contributed by atoms with Crippen LogP contribution < -0.4 is 10.1 Å². The lowest BCUT2D eigenvalue weighted by molar-refractivity contribution is 0.410. The Morgan fingerprint density at radius 1 is 1.37 bits per heavy atom. The molecule has 0 radical (unpaired) electrons. The second-order valence-electron chi connectivity index (χ2n) is 4.06. The van der Waals surface area contributed by atoms with E-state index < -0.39 is 0 Å². The fourth-order valence-electron chi connectivity index (χ4n) is 1.74. The van der Waals surface area contributed by atoms with Crippen molar-refractivity contribution in [3.63, 3.8) is 0 Å². The van der Waals surface area contributed by atoms with Crippen LogP contribution in [-0.4, -0.2) is 12.1 Å². The van der Waals surface area contributed by atoms with E-state index in [4.69, 9.17) is 16.3 Å². The molecule has 0 aliphatic carbocycles. The average Bonchev–Trinajstić information content (AvgIpc) is 2.41. The number of aryl methyl sites for hydroxylation is 1. The molecule has 3 nitrogen and oxygen atoms in total. The van der Waals surface area contributed by atoms with Crippen molar-refractivity contribution in [2.24, 2.45) is 0 Å². The Bertz CT molecular complexity index is 590. The molecule has 2 rings (SSSR count). The lowest BCUT2D eigenvalue weighted by Gasteiger charge is -2.13. The highest BCUT2D eigenvalue weighted by Gasteiger charge is 2.09. The van der Waals surface area contributed by atoms with Crippen LogP contribution >= 0.6 is 27.5 Å². The van der Waals surface area contributed by atoms with Crippen LogP contribution in [0.25, 0.3) is 0 Å². The van der Waals surface area contributed by atoms with E-state index >= 15 is 0 Å². The van der Waals surface area contributed by atoms with E-state index in [0.717, 1.165) is 27.2 Å². The second-order valence-corrected chi connectivity index (χ2v) is 5.26. The number of nitrogens with one attached hydrogen (secondary N) is 1. The zero-order valence-corrected chi connectivity index (χ0v) is 13.0. The van der Waals surface area contributed by atoms with Crippen LogP contribution in [0.15, 0.2) is 34.9 Å². The summed E-state index contributed by atoms with van der Waals surface area (Å²) >= 11 is 9.71. The summed E-state index contributed by atoms with van der Waals surface area (Å²) in [6, 6.07) is 7.55. The summed E-state index contributed by atoms with van der Waals surface area (Å²) < 4.78 is 6.27. The van der Waals surface area contributed by atoms with Gasteiger partial charge in [-0.05, 0) is 46.6 Å². The second kappa shape index (κ2) is 6.26. The normalized spacial score (nSPS) is 10.3. The first-order chi connectivity index (χ1) is 9.13. The first kappa shape index (κ1) is 14.2. The number of hydrogen-bond acceptors (Lipinski definition) is 3. The lowest BCUT2D eigenvalue weighted by atomic mass is 10.2. The van der Waals surface area contributed by atoms with Crippen molar-refractivity contribution in [3.05, 3.63) is 51.1 Å². The van der Waals surface area contributed by atoms with E-state index in [9.17, 15) is 0 Å². The first-order valence-corrected chi connectivity index (χ1v) is 6.97. The molecule has 2 aromatic rings. The summed E-state index contributed by atoms with van der Waals surface area (Å²) in [5.74, 6) is 1.56. The van der Waals surface area contributed by atoms with Gasteiger partial charge in [0.2, 0.25) is 0 Å². The fourth-order valence-corrected chi connectivity index (χ4v) is 2.34. The van der Waals surface area contributed by atoms with Gasteiger partial charge in [0.1, 0.15) is 11.6 Å². The van der Waals surface area contributed by atoms with Crippen molar-refractivity contribution >= 4 is 33.3 Å². The minimum absolute atomic E-state index is 0.553. The van der Waals surface area contributed by atoms with Crippen LogP contribution in [0.3, 0.4) is 0 Å². The smallest absolute Gasteiger partial charge is 0.140 e. The van der Waals surface area contributed by atoms with Crippen LogP contribution in [0.4, 0.5) is 5.82 Å². The summed E-state index contributed by atoms with van der Waals surface area (Å²) in [5, 5.41) is 3.94. The Balaban J connectivity index is 2.21. The Morgan fingerprint density at radius 2 is 2.16 bits per heavy atom. The number of rotatable bonds is 4. The van der Waals surface area contributed by atoms with Crippen molar-refractivity contribution < 1.29 is 4.74 Å². The monoisotopic (exact) mass is 340 g/mol. The van der Waals surface area contributed by atoms with Gasteiger partial charge >= 0.3 is 0 Å². The molecule has 0 saturated carbocycles. The quantitative estimate of drug-likeness (QED) is 0.893. The number of methoxy groups -OCH3 is 1. The van der Waals surface area contributed by atoms with E-state index in [1.807, 2.05) is 31.2 Å². The predicted molar refractivity (Wildman–Crippen MR) is 82.0 cm³/mol. The van der Waals surface area contributed by atoms with Gasteiger partial charge in [0.15, 0.2) is 0 Å². The minimum atomic E-state index is 0.553. The molecule has 0 fully saturated rings.